The van der Waals surface area contributed by atoms with Gasteiger partial charge < -0.3 is 10.1 Å². The summed E-state index contributed by atoms with van der Waals surface area (Å²) in [6.07, 6.45) is 0.909. The van der Waals surface area contributed by atoms with Crippen molar-refractivity contribution in [3.63, 3.8) is 0 Å². The van der Waals surface area contributed by atoms with Gasteiger partial charge in [-0.2, -0.15) is 0 Å². The SMILES string of the molecule is CCC(NCc1csc([N+](=O)[O-])c1)c1ccccc1OC. The van der Waals surface area contributed by atoms with Gasteiger partial charge >= 0.3 is 5.00 Å². The van der Waals surface area contributed by atoms with E-state index in [1.54, 1.807) is 13.2 Å². The fraction of sp³-hybridized carbons (Fsp3) is 0.333. The van der Waals surface area contributed by atoms with Gasteiger partial charge in [-0.15, -0.1) is 0 Å². The van der Waals surface area contributed by atoms with E-state index in [1.165, 1.54) is 0 Å². The van der Waals surface area contributed by atoms with Crippen molar-refractivity contribution < 1.29 is 9.66 Å². The average molecular weight is 306 g/mol. The molecule has 0 radical (unpaired) electrons. The lowest BCUT2D eigenvalue weighted by atomic mass is 10.0. The highest BCUT2D eigenvalue weighted by Gasteiger charge is 2.15. The third-order valence-electron chi connectivity index (χ3n) is 3.30. The highest BCUT2D eigenvalue weighted by molar-refractivity contribution is 7.13. The number of hydrogen-bond acceptors (Lipinski definition) is 5. The van der Waals surface area contributed by atoms with E-state index >= 15 is 0 Å². The zero-order valence-electron chi connectivity index (χ0n) is 12.0. The number of methoxy groups -OCH3 is 1. The molecule has 0 saturated heterocycles. The first-order valence-corrected chi connectivity index (χ1v) is 7.61. The highest BCUT2D eigenvalue weighted by Crippen LogP contribution is 2.28. The van der Waals surface area contributed by atoms with Crippen LogP contribution in [0, 0.1) is 10.1 Å². The lowest BCUT2D eigenvalue weighted by Crippen LogP contribution is -2.20. The molecular formula is C15H18N2O3S. The number of nitrogens with zero attached hydrogens (tertiary/aromatic N) is 1. The Balaban J connectivity index is 2.06. The smallest absolute Gasteiger partial charge is 0.324 e. The Morgan fingerprint density at radius 3 is 2.81 bits per heavy atom. The summed E-state index contributed by atoms with van der Waals surface area (Å²) in [5.74, 6) is 0.855. The number of nitrogens with one attached hydrogen (secondary N) is 1. The summed E-state index contributed by atoms with van der Waals surface area (Å²) in [6.45, 7) is 2.70. The van der Waals surface area contributed by atoms with Gasteiger partial charge in [0.15, 0.2) is 0 Å². The second-order valence-corrected chi connectivity index (χ2v) is 5.52. The maximum Gasteiger partial charge on any atom is 0.324 e. The molecule has 0 fully saturated rings. The maximum absolute atomic E-state index is 10.7. The average Bonchev–Trinajstić information content (AvgIpc) is 2.97. The first-order valence-electron chi connectivity index (χ1n) is 6.73. The van der Waals surface area contributed by atoms with E-state index in [4.69, 9.17) is 4.74 Å². The Bertz CT molecular complexity index is 612. The van der Waals surface area contributed by atoms with Crippen LogP contribution in [0.3, 0.4) is 0 Å². The molecule has 112 valence electrons. The topological polar surface area (TPSA) is 64.4 Å². The number of benzene rings is 1. The van der Waals surface area contributed by atoms with Gasteiger partial charge in [0.25, 0.3) is 0 Å². The Kier molecular flexibility index (Phi) is 5.30. The van der Waals surface area contributed by atoms with Crippen molar-refractivity contribution >= 4 is 16.3 Å². The molecule has 0 saturated carbocycles. The van der Waals surface area contributed by atoms with Crippen molar-refractivity contribution in [3.8, 4) is 5.75 Å². The van der Waals surface area contributed by atoms with E-state index in [1.807, 2.05) is 29.6 Å². The number of thiophene rings is 1. The fourth-order valence-electron chi connectivity index (χ4n) is 2.22. The lowest BCUT2D eigenvalue weighted by molar-refractivity contribution is -0.380. The molecule has 21 heavy (non-hydrogen) atoms. The van der Waals surface area contributed by atoms with Crippen molar-refractivity contribution in [2.45, 2.75) is 25.9 Å². The molecule has 0 aliphatic carbocycles. The molecule has 1 aromatic heterocycles. The van der Waals surface area contributed by atoms with Gasteiger partial charge in [-0.3, -0.25) is 10.1 Å². The summed E-state index contributed by atoms with van der Waals surface area (Å²) in [5, 5.41) is 16.1. The first-order chi connectivity index (χ1) is 10.2. The second-order valence-electron chi connectivity index (χ2n) is 4.63. The summed E-state index contributed by atoms with van der Waals surface area (Å²) in [4.78, 5) is 10.3. The zero-order valence-corrected chi connectivity index (χ0v) is 12.9. The minimum Gasteiger partial charge on any atom is -0.496 e. The predicted octanol–water partition coefficient (Wildman–Crippen LogP) is 3.91. The molecule has 5 nitrogen and oxygen atoms in total. The lowest BCUT2D eigenvalue weighted by Gasteiger charge is -2.19. The van der Waals surface area contributed by atoms with Gasteiger partial charge in [-0.05, 0) is 18.1 Å². The molecule has 0 aliphatic heterocycles. The first kappa shape index (κ1) is 15.5. The van der Waals surface area contributed by atoms with Crippen molar-refractivity contribution in [2.75, 3.05) is 7.11 Å². The van der Waals surface area contributed by atoms with E-state index in [0.717, 1.165) is 34.6 Å². The molecule has 0 bridgehead atoms. The second kappa shape index (κ2) is 7.19. The van der Waals surface area contributed by atoms with Crippen LogP contribution in [0.1, 0.15) is 30.5 Å². The molecule has 0 spiro atoms. The normalized spacial score (nSPS) is 12.1. The Hall–Kier alpha value is -1.92. The van der Waals surface area contributed by atoms with Crippen molar-refractivity contribution in [2.24, 2.45) is 0 Å². The molecule has 1 aromatic carbocycles. The standard InChI is InChI=1S/C15H18N2O3S/c1-3-13(12-6-4-5-7-14(12)20-2)16-9-11-8-15(17(18)19)21-10-11/h4-8,10,13,16H,3,9H2,1-2H3. The molecular weight excluding hydrogens is 288 g/mol. The minimum atomic E-state index is -0.355. The molecule has 1 unspecified atom stereocenters. The van der Waals surface area contributed by atoms with Crippen molar-refractivity contribution in [1.29, 1.82) is 0 Å². The Morgan fingerprint density at radius 1 is 1.43 bits per heavy atom. The van der Waals surface area contributed by atoms with Crippen LogP contribution in [-0.4, -0.2) is 12.0 Å². The van der Waals surface area contributed by atoms with Gasteiger partial charge in [0.05, 0.1) is 12.0 Å². The number of rotatable bonds is 7. The Labute approximate surface area is 127 Å². The molecule has 1 N–H and O–H groups in total. The molecule has 0 aliphatic rings. The largest absolute Gasteiger partial charge is 0.496 e. The third-order valence-corrected chi connectivity index (χ3v) is 4.22. The summed E-state index contributed by atoms with van der Waals surface area (Å²) in [6, 6.07) is 9.67. The van der Waals surface area contributed by atoms with Crippen LogP contribution in [0.2, 0.25) is 0 Å². The van der Waals surface area contributed by atoms with Gasteiger partial charge in [0.1, 0.15) is 5.75 Å². The monoisotopic (exact) mass is 306 g/mol. The maximum atomic E-state index is 10.7. The van der Waals surface area contributed by atoms with Crippen molar-refractivity contribution in [3.05, 3.63) is 57.0 Å². The van der Waals surface area contributed by atoms with Crippen LogP contribution in [0.25, 0.3) is 0 Å². The van der Waals surface area contributed by atoms with E-state index in [9.17, 15) is 10.1 Å². The predicted molar refractivity (Wildman–Crippen MR) is 83.8 cm³/mol. The quantitative estimate of drug-likeness (QED) is 0.622. The molecule has 2 rings (SSSR count). The van der Waals surface area contributed by atoms with E-state index < -0.39 is 0 Å². The molecule has 0 amide bonds. The zero-order chi connectivity index (χ0) is 15.2. The van der Waals surface area contributed by atoms with Gasteiger partial charge in [0.2, 0.25) is 0 Å². The Morgan fingerprint density at radius 2 is 2.19 bits per heavy atom. The molecule has 6 heteroatoms. The summed E-state index contributed by atoms with van der Waals surface area (Å²) in [5.41, 5.74) is 2.03. The van der Waals surface area contributed by atoms with E-state index in [0.29, 0.717) is 6.54 Å². The fourth-order valence-corrected chi connectivity index (χ4v) is 2.95. The highest BCUT2D eigenvalue weighted by atomic mass is 32.1. The third kappa shape index (κ3) is 3.80. The molecule has 1 atom stereocenters. The van der Waals surface area contributed by atoms with Crippen LogP contribution in [0.4, 0.5) is 5.00 Å². The van der Waals surface area contributed by atoms with Gasteiger partial charge in [0, 0.05) is 29.6 Å². The summed E-state index contributed by atoms with van der Waals surface area (Å²) >= 11 is 1.16. The minimum absolute atomic E-state index is 0.153. The van der Waals surface area contributed by atoms with E-state index in [2.05, 4.69) is 12.2 Å². The van der Waals surface area contributed by atoms with Gasteiger partial charge in [-0.25, -0.2) is 0 Å². The van der Waals surface area contributed by atoms with E-state index in [-0.39, 0.29) is 16.0 Å². The van der Waals surface area contributed by atoms with Crippen LogP contribution in [0.15, 0.2) is 35.7 Å². The molecule has 2 aromatic rings. The van der Waals surface area contributed by atoms with Crippen molar-refractivity contribution in [1.82, 2.24) is 5.32 Å². The van der Waals surface area contributed by atoms with Crippen LogP contribution >= 0.6 is 11.3 Å². The number of para-hydroxylation sites is 1. The summed E-state index contributed by atoms with van der Waals surface area (Å²) < 4.78 is 5.39. The molecule has 1 heterocycles. The number of nitro groups is 1. The number of hydrogen-bond donors (Lipinski definition) is 1. The van der Waals surface area contributed by atoms with Crippen LogP contribution in [-0.2, 0) is 6.54 Å². The van der Waals surface area contributed by atoms with Crippen LogP contribution in [0.5, 0.6) is 5.75 Å². The van der Waals surface area contributed by atoms with Gasteiger partial charge in [-0.1, -0.05) is 36.5 Å². The van der Waals surface area contributed by atoms with Crippen LogP contribution < -0.4 is 10.1 Å². The number of ether oxygens (including phenoxy) is 1. The summed E-state index contributed by atoms with van der Waals surface area (Å²) in [7, 11) is 1.66.